The Bertz CT molecular complexity index is 152. The molecule has 0 fully saturated rings. The Morgan fingerprint density at radius 2 is 1.70 bits per heavy atom. The van der Waals surface area contributed by atoms with Crippen LogP contribution in [0.2, 0.25) is 0 Å². The van der Waals surface area contributed by atoms with Gasteiger partial charge in [0.15, 0.2) is 0 Å². The van der Waals surface area contributed by atoms with Gasteiger partial charge in [0.05, 0.1) is 12.4 Å². The molecule has 0 N–H and O–H groups in total. The predicted molar refractivity (Wildman–Crippen MR) is 25.5 cm³/mol. The van der Waals surface area contributed by atoms with Crippen LogP contribution in [0.3, 0.4) is 0 Å². The van der Waals surface area contributed by atoms with Gasteiger partial charge in [-0.15, -0.1) is 0 Å². The van der Waals surface area contributed by atoms with E-state index in [1.165, 1.54) is 0 Å². The van der Waals surface area contributed by atoms with Gasteiger partial charge in [-0.1, -0.05) is 0 Å². The number of hydrogen-bond donors (Lipinski definition) is 0. The summed E-state index contributed by atoms with van der Waals surface area (Å²) in [4.78, 5) is 0. The fraction of sp³-hybridized carbons (Fsp3) is 0.200. The molecule has 0 spiro atoms. The van der Waals surface area contributed by atoms with Crippen molar-refractivity contribution in [3.8, 4) is 0 Å². The van der Waals surface area contributed by atoms with Crippen LogP contribution in [-0.2, 0) is 0 Å². The second-order valence-electron chi connectivity index (χ2n) is 1.36. The molecule has 0 heterocycles. The predicted octanol–water partition coefficient (Wildman–Crippen LogP) is 2.89. The minimum atomic E-state index is -4.73. The Morgan fingerprint density at radius 3 is 2.00 bits per heavy atom. The minimum Gasteiger partial charge on any atom is -0.215 e. The lowest BCUT2D eigenvalue weighted by Gasteiger charge is -1.95. The summed E-state index contributed by atoms with van der Waals surface area (Å²) in [6.07, 6.45) is -5.60. The van der Waals surface area contributed by atoms with Gasteiger partial charge in [0, 0.05) is 6.08 Å². The SMILES string of the molecule is FC=C/C(F)=C\C(F)(F)F. The van der Waals surface area contributed by atoms with Crippen LogP contribution in [0.25, 0.3) is 0 Å². The maximum Gasteiger partial charge on any atom is 0.412 e. The molecule has 0 aromatic heterocycles. The molecule has 0 atom stereocenters. The molecule has 0 radical (unpaired) electrons. The maximum absolute atomic E-state index is 11.7. The highest BCUT2D eigenvalue weighted by molar-refractivity contribution is 5.10. The van der Waals surface area contributed by atoms with E-state index in [-0.39, 0.29) is 12.4 Å². The summed E-state index contributed by atoms with van der Waals surface area (Å²) in [5.41, 5.74) is 0. The first kappa shape index (κ1) is 9.13. The third-order valence-electron chi connectivity index (χ3n) is 0.524. The van der Waals surface area contributed by atoms with Gasteiger partial charge in [-0.3, -0.25) is 0 Å². The van der Waals surface area contributed by atoms with Crippen LogP contribution in [-0.4, -0.2) is 6.18 Å². The molecule has 0 saturated carbocycles. The normalized spacial score (nSPS) is 14.7. The van der Waals surface area contributed by atoms with Crippen LogP contribution >= 0.6 is 0 Å². The molecular weight excluding hydrogens is 155 g/mol. The van der Waals surface area contributed by atoms with Crippen molar-refractivity contribution in [1.29, 1.82) is 0 Å². The van der Waals surface area contributed by atoms with E-state index in [1.54, 1.807) is 0 Å². The first-order valence-electron chi connectivity index (χ1n) is 2.17. The molecule has 0 aromatic carbocycles. The van der Waals surface area contributed by atoms with E-state index in [9.17, 15) is 22.0 Å². The zero-order chi connectivity index (χ0) is 8.20. The van der Waals surface area contributed by atoms with Gasteiger partial charge in [-0.25, -0.2) is 8.78 Å². The first-order chi connectivity index (χ1) is 4.45. The molecule has 0 nitrogen and oxygen atoms in total. The maximum atomic E-state index is 11.7. The van der Waals surface area contributed by atoms with E-state index in [0.29, 0.717) is 0 Å². The van der Waals surface area contributed by atoms with Crippen molar-refractivity contribution < 1.29 is 22.0 Å². The van der Waals surface area contributed by atoms with E-state index in [0.717, 1.165) is 0 Å². The summed E-state index contributed by atoms with van der Waals surface area (Å²) >= 11 is 0. The van der Waals surface area contributed by atoms with E-state index in [2.05, 4.69) is 0 Å². The molecule has 5 heteroatoms. The summed E-state index contributed by atoms with van der Waals surface area (Å²) in [6, 6.07) is 0. The molecular formula is C5H3F5. The monoisotopic (exact) mass is 158 g/mol. The van der Waals surface area contributed by atoms with E-state index < -0.39 is 18.1 Å². The van der Waals surface area contributed by atoms with Crippen LogP contribution < -0.4 is 0 Å². The second kappa shape index (κ2) is 3.34. The topological polar surface area (TPSA) is 0 Å². The first-order valence-corrected chi connectivity index (χ1v) is 2.17. The van der Waals surface area contributed by atoms with Crippen LogP contribution in [0, 0.1) is 0 Å². The van der Waals surface area contributed by atoms with Crippen LogP contribution in [0.1, 0.15) is 0 Å². The molecule has 10 heavy (non-hydrogen) atoms. The molecule has 0 unspecified atom stereocenters. The standard InChI is InChI=1S/C5H3F5/c6-2-1-4(7)3-5(8,9)10/h1-3H/b2-1?,4-3+. The van der Waals surface area contributed by atoms with Crippen molar-refractivity contribution in [2.24, 2.45) is 0 Å². The molecule has 0 bridgehead atoms. The third kappa shape index (κ3) is 5.27. The molecule has 0 aliphatic heterocycles. The molecule has 0 aliphatic carbocycles. The Kier molecular flexibility index (Phi) is 3.05. The van der Waals surface area contributed by atoms with Gasteiger partial charge in [0.2, 0.25) is 0 Å². The van der Waals surface area contributed by atoms with E-state index >= 15 is 0 Å². The number of allylic oxidation sites excluding steroid dienone is 3. The van der Waals surface area contributed by atoms with Crippen LogP contribution in [0.5, 0.6) is 0 Å². The van der Waals surface area contributed by atoms with Gasteiger partial charge in [0.1, 0.15) is 5.83 Å². The van der Waals surface area contributed by atoms with Crippen molar-refractivity contribution in [3.05, 3.63) is 24.3 Å². The summed E-state index contributed by atoms with van der Waals surface area (Å²) in [6.45, 7) is 0. The Hall–Kier alpha value is -0.870. The zero-order valence-corrected chi connectivity index (χ0v) is 4.62. The van der Waals surface area contributed by atoms with Gasteiger partial charge < -0.3 is 0 Å². The average Bonchev–Trinajstić information content (AvgIpc) is 1.59. The summed E-state index contributed by atoms with van der Waals surface area (Å²) in [7, 11) is 0. The lowest BCUT2D eigenvalue weighted by atomic mass is 10.4. The van der Waals surface area contributed by atoms with Crippen molar-refractivity contribution in [2.45, 2.75) is 6.18 Å². The minimum absolute atomic E-state index is 0.0769. The fourth-order valence-electron chi connectivity index (χ4n) is 0.265. The highest BCUT2D eigenvalue weighted by Crippen LogP contribution is 2.19. The Balaban J connectivity index is 4.17. The smallest absolute Gasteiger partial charge is 0.215 e. The van der Waals surface area contributed by atoms with Crippen molar-refractivity contribution >= 4 is 0 Å². The zero-order valence-electron chi connectivity index (χ0n) is 4.62. The lowest BCUT2D eigenvalue weighted by molar-refractivity contribution is -0.0811. The molecule has 0 aliphatic rings. The summed E-state index contributed by atoms with van der Waals surface area (Å²) in [5.74, 6) is -1.66. The number of rotatable bonds is 1. The third-order valence-corrected chi connectivity index (χ3v) is 0.524. The highest BCUT2D eigenvalue weighted by atomic mass is 19.4. The van der Waals surface area contributed by atoms with Crippen LogP contribution in [0.15, 0.2) is 24.3 Å². The van der Waals surface area contributed by atoms with Crippen molar-refractivity contribution in [3.63, 3.8) is 0 Å². The van der Waals surface area contributed by atoms with Crippen LogP contribution in [0.4, 0.5) is 22.0 Å². The lowest BCUT2D eigenvalue weighted by Crippen LogP contribution is -2.01. The van der Waals surface area contributed by atoms with Gasteiger partial charge in [0.25, 0.3) is 0 Å². The number of hydrogen-bond acceptors (Lipinski definition) is 0. The number of alkyl halides is 3. The largest absolute Gasteiger partial charge is 0.412 e. The van der Waals surface area contributed by atoms with Crippen molar-refractivity contribution in [2.75, 3.05) is 0 Å². The highest BCUT2D eigenvalue weighted by Gasteiger charge is 2.24. The molecule has 0 amide bonds. The Morgan fingerprint density at radius 1 is 1.20 bits per heavy atom. The summed E-state index contributed by atoms with van der Waals surface area (Å²) in [5, 5.41) is 0. The van der Waals surface area contributed by atoms with Gasteiger partial charge in [-0.2, -0.15) is 13.2 Å². The quantitative estimate of drug-likeness (QED) is 0.406. The number of halogens is 5. The van der Waals surface area contributed by atoms with Crippen molar-refractivity contribution in [1.82, 2.24) is 0 Å². The second-order valence-corrected chi connectivity index (χ2v) is 1.36. The molecule has 0 rings (SSSR count). The molecule has 0 saturated heterocycles. The average molecular weight is 158 g/mol. The summed E-state index contributed by atoms with van der Waals surface area (Å²) < 4.78 is 56.2. The van der Waals surface area contributed by atoms with Gasteiger partial charge >= 0.3 is 6.18 Å². The Labute approximate surface area is 53.6 Å². The molecule has 58 valence electrons. The fourth-order valence-corrected chi connectivity index (χ4v) is 0.265. The van der Waals surface area contributed by atoms with Gasteiger partial charge in [-0.05, 0) is 0 Å². The van der Waals surface area contributed by atoms with E-state index in [4.69, 9.17) is 0 Å². The van der Waals surface area contributed by atoms with E-state index in [1.807, 2.05) is 0 Å². The molecule has 0 aromatic rings.